The van der Waals surface area contributed by atoms with Crippen molar-refractivity contribution in [3.8, 4) is 6.07 Å². The van der Waals surface area contributed by atoms with Crippen molar-refractivity contribution in [2.45, 2.75) is 57.5 Å². The first-order valence-corrected chi connectivity index (χ1v) is 7.06. The fourth-order valence-electron chi connectivity index (χ4n) is 3.26. The van der Waals surface area contributed by atoms with Gasteiger partial charge in [-0.05, 0) is 38.0 Å². The zero-order valence-electron chi connectivity index (χ0n) is 10.8. The van der Waals surface area contributed by atoms with Crippen molar-refractivity contribution in [3.63, 3.8) is 0 Å². The van der Waals surface area contributed by atoms with Crippen LogP contribution in [0.1, 0.15) is 45.4 Å². The number of hydrogen-bond acceptors (Lipinski definition) is 3. The van der Waals surface area contributed by atoms with Gasteiger partial charge in [0.05, 0.1) is 18.6 Å². The first kappa shape index (κ1) is 12.9. The lowest BCUT2D eigenvalue weighted by atomic mass is 9.77. The summed E-state index contributed by atoms with van der Waals surface area (Å²) < 4.78 is 0. The molecule has 0 aromatic heterocycles. The molecule has 0 aromatic rings. The van der Waals surface area contributed by atoms with E-state index >= 15 is 0 Å². The Bertz CT molecular complexity index is 282. The van der Waals surface area contributed by atoms with E-state index in [1.54, 1.807) is 0 Å². The normalized spacial score (nSPS) is 33.6. The predicted octanol–water partition coefficient (Wildman–Crippen LogP) is 2.16. The fraction of sp³-hybridized carbons (Fsp3) is 0.929. The van der Waals surface area contributed by atoms with Gasteiger partial charge in [-0.2, -0.15) is 5.26 Å². The van der Waals surface area contributed by atoms with E-state index in [9.17, 15) is 10.4 Å². The lowest BCUT2D eigenvalue weighted by Gasteiger charge is -2.40. The van der Waals surface area contributed by atoms with Gasteiger partial charge in [-0.15, -0.1) is 0 Å². The predicted molar refractivity (Wildman–Crippen MR) is 67.3 cm³/mol. The van der Waals surface area contributed by atoms with Gasteiger partial charge in [0, 0.05) is 18.6 Å². The van der Waals surface area contributed by atoms with Gasteiger partial charge in [-0.25, -0.2) is 0 Å². The lowest BCUT2D eigenvalue weighted by Crippen LogP contribution is -2.46. The Hall–Kier alpha value is -0.590. The molecular formula is C14H24N2O. The maximum absolute atomic E-state index is 9.30. The van der Waals surface area contributed by atoms with Gasteiger partial charge in [-0.1, -0.05) is 13.3 Å². The summed E-state index contributed by atoms with van der Waals surface area (Å²) in [6.07, 6.45) is 7.16. The van der Waals surface area contributed by atoms with Crippen LogP contribution >= 0.6 is 0 Å². The van der Waals surface area contributed by atoms with Crippen LogP contribution in [0.2, 0.25) is 0 Å². The summed E-state index contributed by atoms with van der Waals surface area (Å²) in [5, 5.41) is 18.5. The topological polar surface area (TPSA) is 47.3 Å². The van der Waals surface area contributed by atoms with Crippen molar-refractivity contribution in [2.75, 3.05) is 13.2 Å². The third-order valence-corrected chi connectivity index (χ3v) is 4.47. The van der Waals surface area contributed by atoms with Crippen LogP contribution in [-0.4, -0.2) is 35.2 Å². The van der Waals surface area contributed by atoms with Crippen molar-refractivity contribution < 1.29 is 5.11 Å². The van der Waals surface area contributed by atoms with E-state index in [-0.39, 0.29) is 12.5 Å². The van der Waals surface area contributed by atoms with Crippen LogP contribution in [0.3, 0.4) is 0 Å². The molecule has 0 aliphatic heterocycles. The molecule has 96 valence electrons. The Morgan fingerprint density at radius 1 is 1.29 bits per heavy atom. The summed E-state index contributed by atoms with van der Waals surface area (Å²) in [6.45, 7) is 3.23. The molecule has 0 saturated heterocycles. The second kappa shape index (κ2) is 5.84. The third-order valence-electron chi connectivity index (χ3n) is 4.47. The van der Waals surface area contributed by atoms with Crippen LogP contribution in [0, 0.1) is 23.2 Å². The smallest absolute Gasteiger partial charge is 0.0672 e. The number of nitriles is 1. The summed E-state index contributed by atoms with van der Waals surface area (Å²) in [6, 6.07) is 3.55. The largest absolute Gasteiger partial charge is 0.395 e. The molecule has 1 N–H and O–H groups in total. The van der Waals surface area contributed by atoms with Gasteiger partial charge in [0.15, 0.2) is 0 Å². The zero-order chi connectivity index (χ0) is 12.3. The Kier molecular flexibility index (Phi) is 4.42. The highest BCUT2D eigenvalue weighted by Gasteiger charge is 2.40. The molecule has 3 atom stereocenters. The second-order valence-corrected chi connectivity index (χ2v) is 5.58. The molecule has 2 rings (SSSR count). The maximum Gasteiger partial charge on any atom is 0.0672 e. The fourth-order valence-corrected chi connectivity index (χ4v) is 3.26. The molecule has 0 amide bonds. The minimum absolute atomic E-state index is 0.185. The van der Waals surface area contributed by atoms with Gasteiger partial charge in [0.25, 0.3) is 0 Å². The first-order valence-electron chi connectivity index (χ1n) is 7.06. The molecule has 3 heteroatoms. The minimum atomic E-state index is 0.185. The van der Waals surface area contributed by atoms with E-state index < -0.39 is 0 Å². The van der Waals surface area contributed by atoms with E-state index in [1.165, 1.54) is 25.7 Å². The molecule has 2 aliphatic rings. The molecule has 3 nitrogen and oxygen atoms in total. The highest BCUT2D eigenvalue weighted by molar-refractivity contribution is 5.01. The van der Waals surface area contributed by atoms with Crippen LogP contribution < -0.4 is 0 Å². The van der Waals surface area contributed by atoms with Crippen molar-refractivity contribution in [1.29, 1.82) is 5.26 Å². The Balaban J connectivity index is 2.04. The SMILES string of the molecule is CCC1CCC(C#N)C(N(CCO)C2CC2)C1. The first-order chi connectivity index (χ1) is 8.30. The number of aliphatic hydroxyl groups is 1. The van der Waals surface area contributed by atoms with E-state index in [0.29, 0.717) is 12.1 Å². The number of rotatable bonds is 5. The molecule has 0 radical (unpaired) electrons. The molecule has 3 unspecified atom stereocenters. The van der Waals surface area contributed by atoms with Crippen molar-refractivity contribution in [1.82, 2.24) is 4.90 Å². The van der Waals surface area contributed by atoms with Gasteiger partial charge in [0.1, 0.15) is 0 Å². The number of aliphatic hydroxyl groups excluding tert-OH is 1. The summed E-state index contributed by atoms with van der Waals surface area (Å²) >= 11 is 0. The molecule has 2 saturated carbocycles. The minimum Gasteiger partial charge on any atom is -0.395 e. The van der Waals surface area contributed by atoms with E-state index in [4.69, 9.17) is 0 Å². The van der Waals surface area contributed by atoms with E-state index in [2.05, 4.69) is 17.9 Å². The van der Waals surface area contributed by atoms with Crippen LogP contribution in [0.15, 0.2) is 0 Å². The van der Waals surface area contributed by atoms with Crippen molar-refractivity contribution in [2.24, 2.45) is 11.8 Å². The molecule has 0 bridgehead atoms. The Morgan fingerprint density at radius 2 is 2.06 bits per heavy atom. The Labute approximate surface area is 104 Å². The monoisotopic (exact) mass is 236 g/mol. The molecule has 17 heavy (non-hydrogen) atoms. The van der Waals surface area contributed by atoms with Crippen LogP contribution in [0.5, 0.6) is 0 Å². The van der Waals surface area contributed by atoms with Crippen LogP contribution in [0.25, 0.3) is 0 Å². The number of hydrogen-bond donors (Lipinski definition) is 1. The van der Waals surface area contributed by atoms with Gasteiger partial charge in [0.2, 0.25) is 0 Å². The molecule has 0 spiro atoms. The van der Waals surface area contributed by atoms with Gasteiger partial charge < -0.3 is 5.11 Å². The molecule has 0 heterocycles. The molecule has 2 aliphatic carbocycles. The van der Waals surface area contributed by atoms with E-state index in [1.807, 2.05) is 0 Å². The molecule has 2 fully saturated rings. The zero-order valence-corrected chi connectivity index (χ0v) is 10.8. The van der Waals surface area contributed by atoms with Gasteiger partial charge >= 0.3 is 0 Å². The Morgan fingerprint density at radius 3 is 2.59 bits per heavy atom. The molecule has 0 aromatic carbocycles. The average molecular weight is 236 g/mol. The summed E-state index contributed by atoms with van der Waals surface area (Å²) in [7, 11) is 0. The van der Waals surface area contributed by atoms with Crippen molar-refractivity contribution in [3.05, 3.63) is 0 Å². The number of nitrogens with zero attached hydrogens (tertiary/aromatic N) is 2. The summed E-state index contributed by atoms with van der Waals surface area (Å²) in [5.41, 5.74) is 0. The summed E-state index contributed by atoms with van der Waals surface area (Å²) in [4.78, 5) is 2.43. The highest BCUT2D eigenvalue weighted by atomic mass is 16.3. The van der Waals surface area contributed by atoms with Crippen molar-refractivity contribution >= 4 is 0 Å². The standard InChI is InChI=1S/C14H24N2O/c1-2-11-3-4-12(10-15)14(9-11)16(7-8-17)13-5-6-13/h11-14,17H,2-9H2,1H3. The maximum atomic E-state index is 9.30. The highest BCUT2D eigenvalue weighted by Crippen LogP contribution is 2.38. The second-order valence-electron chi connectivity index (χ2n) is 5.58. The van der Waals surface area contributed by atoms with Crippen LogP contribution in [-0.2, 0) is 0 Å². The quantitative estimate of drug-likeness (QED) is 0.795. The summed E-state index contributed by atoms with van der Waals surface area (Å²) in [5.74, 6) is 0.967. The average Bonchev–Trinajstić information content (AvgIpc) is 3.19. The van der Waals surface area contributed by atoms with Gasteiger partial charge in [-0.3, -0.25) is 4.90 Å². The lowest BCUT2D eigenvalue weighted by molar-refractivity contribution is 0.0745. The van der Waals surface area contributed by atoms with Crippen LogP contribution in [0.4, 0.5) is 0 Å². The third kappa shape index (κ3) is 3.00. The van der Waals surface area contributed by atoms with E-state index in [0.717, 1.165) is 25.3 Å². The molecular weight excluding hydrogens is 212 g/mol.